The maximum absolute atomic E-state index is 11.0. The topological polar surface area (TPSA) is 66.1 Å². The van der Waals surface area contributed by atoms with Gasteiger partial charge in [-0.15, -0.1) is 0 Å². The molecule has 1 aromatic rings. The van der Waals surface area contributed by atoms with Gasteiger partial charge in [0.15, 0.2) is 5.78 Å². The van der Waals surface area contributed by atoms with Crippen molar-refractivity contribution in [2.75, 3.05) is 5.32 Å². The normalized spacial score (nSPS) is 9.31. The minimum absolute atomic E-state index is 0.190. The predicted molar refractivity (Wildman–Crippen MR) is 46.2 cm³/mol. The van der Waals surface area contributed by atoms with E-state index in [1.54, 1.807) is 18.2 Å². The van der Waals surface area contributed by atoms with E-state index in [0.29, 0.717) is 5.56 Å². The van der Waals surface area contributed by atoms with Crippen molar-refractivity contribution in [2.24, 2.45) is 0 Å². The van der Waals surface area contributed by atoms with E-state index in [4.69, 9.17) is 0 Å². The number of para-hydroxylation sites is 1. The Morgan fingerprint density at radius 3 is 2.38 bits per heavy atom. The SMILES string of the molecule is CC(=O)c1ccccc1NC([O])=O. The standard InChI is InChI=1S/C9H8NO3/c1-6(11)7-4-2-3-5-8(7)10-9(12)13/h2-5,10H,1H3. The molecule has 0 aliphatic rings. The number of nitrogens with one attached hydrogen (secondary N) is 1. The Balaban J connectivity index is 3.04. The second kappa shape index (κ2) is 3.71. The number of amides is 1. The van der Waals surface area contributed by atoms with Crippen LogP contribution in [-0.2, 0) is 5.11 Å². The molecule has 0 bridgehead atoms. The zero-order valence-electron chi connectivity index (χ0n) is 7.03. The first-order valence-electron chi connectivity index (χ1n) is 3.69. The van der Waals surface area contributed by atoms with Crippen LogP contribution in [0.2, 0.25) is 0 Å². The van der Waals surface area contributed by atoms with Crippen molar-refractivity contribution in [1.29, 1.82) is 0 Å². The molecule has 0 aromatic heterocycles. The number of benzene rings is 1. The zero-order chi connectivity index (χ0) is 9.84. The van der Waals surface area contributed by atoms with Crippen LogP contribution in [0.1, 0.15) is 17.3 Å². The van der Waals surface area contributed by atoms with E-state index in [0.717, 1.165) is 0 Å². The lowest BCUT2D eigenvalue weighted by molar-refractivity contribution is 0.101. The molecular weight excluding hydrogens is 170 g/mol. The summed E-state index contributed by atoms with van der Waals surface area (Å²) in [4.78, 5) is 21.2. The van der Waals surface area contributed by atoms with Gasteiger partial charge in [-0.25, -0.2) is 9.90 Å². The third-order valence-electron chi connectivity index (χ3n) is 1.54. The molecular formula is C9H8NO3. The summed E-state index contributed by atoms with van der Waals surface area (Å²) < 4.78 is 0. The molecule has 0 fully saturated rings. The largest absolute Gasteiger partial charge is 0.454 e. The first kappa shape index (κ1) is 9.25. The van der Waals surface area contributed by atoms with Crippen LogP contribution in [0, 0.1) is 0 Å². The van der Waals surface area contributed by atoms with Crippen LogP contribution in [0.4, 0.5) is 10.5 Å². The van der Waals surface area contributed by atoms with Gasteiger partial charge in [-0.1, -0.05) is 12.1 Å². The number of ketones is 1. The molecule has 4 heteroatoms. The summed E-state index contributed by atoms with van der Waals surface area (Å²) in [6.45, 7) is 1.37. The highest BCUT2D eigenvalue weighted by molar-refractivity contribution is 6.02. The molecule has 67 valence electrons. The summed E-state index contributed by atoms with van der Waals surface area (Å²) in [7, 11) is 0. The third kappa shape index (κ3) is 2.30. The molecule has 0 unspecified atom stereocenters. The Labute approximate surface area is 75.2 Å². The van der Waals surface area contributed by atoms with Gasteiger partial charge in [0.2, 0.25) is 0 Å². The van der Waals surface area contributed by atoms with E-state index in [-0.39, 0.29) is 11.5 Å². The van der Waals surface area contributed by atoms with Gasteiger partial charge < -0.3 is 0 Å². The molecule has 0 saturated heterocycles. The van der Waals surface area contributed by atoms with Crippen LogP contribution in [0.25, 0.3) is 0 Å². The van der Waals surface area contributed by atoms with E-state index in [1.807, 2.05) is 5.32 Å². The molecule has 0 atom stereocenters. The Kier molecular flexibility index (Phi) is 2.64. The lowest BCUT2D eigenvalue weighted by atomic mass is 10.1. The maximum atomic E-state index is 11.0. The average Bonchev–Trinajstić information content (AvgIpc) is 2.03. The van der Waals surface area contributed by atoms with E-state index in [9.17, 15) is 14.7 Å². The molecule has 0 spiro atoms. The molecule has 1 N–H and O–H groups in total. The fraction of sp³-hybridized carbons (Fsp3) is 0.111. The van der Waals surface area contributed by atoms with Crippen LogP contribution >= 0.6 is 0 Å². The van der Waals surface area contributed by atoms with E-state index in [2.05, 4.69) is 0 Å². The number of hydrogen-bond acceptors (Lipinski definition) is 2. The van der Waals surface area contributed by atoms with E-state index >= 15 is 0 Å². The zero-order valence-corrected chi connectivity index (χ0v) is 7.03. The second-order valence-corrected chi connectivity index (χ2v) is 2.51. The van der Waals surface area contributed by atoms with Gasteiger partial charge in [0.25, 0.3) is 0 Å². The number of Topliss-reactive ketones (excluding diaryl/α,β-unsaturated/α-hetero) is 1. The first-order valence-corrected chi connectivity index (χ1v) is 3.69. The molecule has 1 amide bonds. The third-order valence-corrected chi connectivity index (χ3v) is 1.54. The number of rotatable bonds is 2. The summed E-state index contributed by atoms with van der Waals surface area (Å²) in [5, 5.41) is 12.2. The number of carbonyl (C=O) groups excluding carboxylic acids is 2. The van der Waals surface area contributed by atoms with Crippen molar-refractivity contribution in [3.8, 4) is 0 Å². The fourth-order valence-electron chi connectivity index (χ4n) is 1.01. The van der Waals surface area contributed by atoms with Gasteiger partial charge >= 0.3 is 6.09 Å². The van der Waals surface area contributed by atoms with E-state index < -0.39 is 6.09 Å². The van der Waals surface area contributed by atoms with Gasteiger partial charge in [-0.3, -0.25) is 10.1 Å². The smallest absolute Gasteiger partial charge is 0.294 e. The Morgan fingerprint density at radius 2 is 1.85 bits per heavy atom. The van der Waals surface area contributed by atoms with Crippen molar-refractivity contribution in [1.82, 2.24) is 0 Å². The van der Waals surface area contributed by atoms with Crippen molar-refractivity contribution in [2.45, 2.75) is 6.92 Å². The predicted octanol–water partition coefficient (Wildman–Crippen LogP) is 1.85. The quantitative estimate of drug-likeness (QED) is 0.702. The summed E-state index contributed by atoms with van der Waals surface area (Å²) >= 11 is 0. The molecule has 0 aliphatic heterocycles. The molecule has 0 aliphatic carbocycles. The Bertz CT molecular complexity index is 346. The van der Waals surface area contributed by atoms with Crippen molar-refractivity contribution < 1.29 is 14.7 Å². The Morgan fingerprint density at radius 1 is 1.23 bits per heavy atom. The monoisotopic (exact) mass is 178 g/mol. The van der Waals surface area contributed by atoms with Gasteiger partial charge in [-0.2, -0.15) is 0 Å². The molecule has 13 heavy (non-hydrogen) atoms. The van der Waals surface area contributed by atoms with Crippen molar-refractivity contribution in [3.63, 3.8) is 0 Å². The van der Waals surface area contributed by atoms with Crippen LogP contribution in [0.3, 0.4) is 0 Å². The number of anilines is 1. The minimum Gasteiger partial charge on any atom is -0.294 e. The molecule has 0 saturated carbocycles. The minimum atomic E-state index is -1.42. The molecule has 1 radical (unpaired) electrons. The maximum Gasteiger partial charge on any atom is 0.454 e. The van der Waals surface area contributed by atoms with Crippen LogP contribution < -0.4 is 5.32 Å². The van der Waals surface area contributed by atoms with Crippen molar-refractivity contribution >= 4 is 17.6 Å². The van der Waals surface area contributed by atoms with Gasteiger partial charge in [0.1, 0.15) is 0 Å². The highest BCUT2D eigenvalue weighted by Crippen LogP contribution is 2.14. The second-order valence-electron chi connectivity index (χ2n) is 2.51. The van der Waals surface area contributed by atoms with Crippen LogP contribution in [0.15, 0.2) is 24.3 Å². The molecule has 1 rings (SSSR count). The fourth-order valence-corrected chi connectivity index (χ4v) is 1.01. The van der Waals surface area contributed by atoms with Gasteiger partial charge in [0, 0.05) is 5.56 Å². The summed E-state index contributed by atoms with van der Waals surface area (Å²) in [6.07, 6.45) is -1.42. The summed E-state index contributed by atoms with van der Waals surface area (Å²) in [5.41, 5.74) is 0.599. The number of carbonyl (C=O) groups is 2. The van der Waals surface area contributed by atoms with Gasteiger partial charge in [0.05, 0.1) is 5.69 Å². The van der Waals surface area contributed by atoms with Crippen molar-refractivity contribution in [3.05, 3.63) is 29.8 Å². The number of hydrogen-bond donors (Lipinski definition) is 1. The Hall–Kier alpha value is -1.84. The lowest BCUT2D eigenvalue weighted by Crippen LogP contribution is -2.09. The average molecular weight is 178 g/mol. The summed E-state index contributed by atoms with van der Waals surface area (Å²) in [5.74, 6) is -0.190. The highest BCUT2D eigenvalue weighted by atomic mass is 16.4. The first-order chi connectivity index (χ1) is 6.11. The molecule has 1 aromatic carbocycles. The summed E-state index contributed by atoms with van der Waals surface area (Å²) in [6, 6.07) is 6.36. The van der Waals surface area contributed by atoms with Crippen LogP contribution in [0.5, 0.6) is 0 Å². The van der Waals surface area contributed by atoms with Crippen LogP contribution in [-0.4, -0.2) is 11.9 Å². The van der Waals surface area contributed by atoms with E-state index in [1.165, 1.54) is 13.0 Å². The van der Waals surface area contributed by atoms with Gasteiger partial charge in [-0.05, 0) is 19.1 Å². The molecule has 0 heterocycles. The highest BCUT2D eigenvalue weighted by Gasteiger charge is 2.08. The lowest BCUT2D eigenvalue weighted by Gasteiger charge is -2.03. The molecule has 4 nitrogen and oxygen atoms in total.